The molecule has 1 aromatic carbocycles. The second-order valence-electron chi connectivity index (χ2n) is 3.57. The van der Waals surface area contributed by atoms with Crippen LogP contribution >= 0.6 is 0 Å². The predicted molar refractivity (Wildman–Crippen MR) is 61.0 cm³/mol. The van der Waals surface area contributed by atoms with Gasteiger partial charge in [-0.25, -0.2) is 4.79 Å². The first kappa shape index (κ1) is 13.2. The summed E-state index contributed by atoms with van der Waals surface area (Å²) in [6.07, 6.45) is -1.29. The highest BCUT2D eigenvalue weighted by Gasteiger charge is 2.22. The van der Waals surface area contributed by atoms with E-state index in [1.54, 1.807) is 30.3 Å². The Hall–Kier alpha value is -1.88. The van der Waals surface area contributed by atoms with E-state index in [0.29, 0.717) is 5.56 Å². The molecule has 92 valence electrons. The number of benzene rings is 1. The van der Waals surface area contributed by atoms with Crippen molar-refractivity contribution in [2.45, 2.75) is 19.1 Å². The Morgan fingerprint density at radius 2 is 1.88 bits per heavy atom. The van der Waals surface area contributed by atoms with E-state index in [0.717, 1.165) is 0 Å². The van der Waals surface area contributed by atoms with Gasteiger partial charge in [-0.3, -0.25) is 4.79 Å². The molecule has 0 unspecified atom stereocenters. The van der Waals surface area contributed by atoms with Crippen LogP contribution in [0.25, 0.3) is 0 Å². The summed E-state index contributed by atoms with van der Waals surface area (Å²) in [4.78, 5) is 22.7. The van der Waals surface area contributed by atoms with Gasteiger partial charge in [-0.1, -0.05) is 30.3 Å². The molecule has 0 heterocycles. The quantitative estimate of drug-likeness (QED) is 0.743. The average molecular weight is 237 g/mol. The zero-order valence-corrected chi connectivity index (χ0v) is 9.71. The van der Waals surface area contributed by atoms with E-state index < -0.39 is 24.0 Å². The van der Waals surface area contributed by atoms with Gasteiger partial charge in [-0.2, -0.15) is 0 Å². The molecule has 0 radical (unpaired) electrons. The summed E-state index contributed by atoms with van der Waals surface area (Å²) in [6.45, 7) is 1.49. The fraction of sp³-hybridized carbons (Fsp3) is 0.333. The van der Waals surface area contributed by atoms with Gasteiger partial charge in [-0.15, -0.1) is 0 Å². The molecule has 0 aliphatic heterocycles. The molecular weight excluding hydrogens is 222 g/mol. The van der Waals surface area contributed by atoms with Gasteiger partial charge in [0.15, 0.2) is 6.10 Å². The summed E-state index contributed by atoms with van der Waals surface area (Å²) in [5.74, 6) is -1.19. The van der Waals surface area contributed by atoms with E-state index in [2.05, 4.69) is 10.1 Å². The molecule has 0 aromatic heterocycles. The van der Waals surface area contributed by atoms with Crippen LogP contribution in [0.3, 0.4) is 0 Å². The van der Waals surface area contributed by atoms with Crippen LogP contribution in [0.2, 0.25) is 0 Å². The molecule has 0 fully saturated rings. The molecule has 2 atom stereocenters. The van der Waals surface area contributed by atoms with Gasteiger partial charge in [0.2, 0.25) is 0 Å². The second-order valence-corrected chi connectivity index (χ2v) is 3.57. The van der Waals surface area contributed by atoms with E-state index in [1.165, 1.54) is 14.0 Å². The fourth-order valence-electron chi connectivity index (χ4n) is 1.31. The van der Waals surface area contributed by atoms with Crippen LogP contribution in [0.4, 0.5) is 0 Å². The number of hydrogen-bond donors (Lipinski definition) is 2. The SMILES string of the molecule is COC(=O)[C@H](C)NC(=O)[C@@H](O)c1ccccc1. The van der Waals surface area contributed by atoms with E-state index in [-0.39, 0.29) is 0 Å². The van der Waals surface area contributed by atoms with E-state index in [9.17, 15) is 14.7 Å². The van der Waals surface area contributed by atoms with Crippen molar-refractivity contribution in [2.24, 2.45) is 0 Å². The summed E-state index contributed by atoms with van der Waals surface area (Å²) in [6, 6.07) is 7.70. The smallest absolute Gasteiger partial charge is 0.328 e. The summed E-state index contributed by atoms with van der Waals surface area (Å²) in [5, 5.41) is 12.1. The Morgan fingerprint density at radius 3 is 2.41 bits per heavy atom. The van der Waals surface area contributed by atoms with Crippen molar-refractivity contribution in [1.82, 2.24) is 5.32 Å². The van der Waals surface area contributed by atoms with Crippen LogP contribution in [-0.4, -0.2) is 30.1 Å². The number of carbonyl (C=O) groups excluding carboxylic acids is 2. The Morgan fingerprint density at radius 1 is 1.29 bits per heavy atom. The summed E-state index contributed by atoms with van der Waals surface area (Å²) in [7, 11) is 1.23. The van der Waals surface area contributed by atoms with E-state index >= 15 is 0 Å². The van der Waals surface area contributed by atoms with Crippen LogP contribution in [-0.2, 0) is 14.3 Å². The fourth-order valence-corrected chi connectivity index (χ4v) is 1.31. The van der Waals surface area contributed by atoms with Crippen molar-refractivity contribution >= 4 is 11.9 Å². The molecule has 5 nitrogen and oxygen atoms in total. The summed E-state index contributed by atoms with van der Waals surface area (Å²) < 4.78 is 4.46. The summed E-state index contributed by atoms with van der Waals surface area (Å²) in [5.41, 5.74) is 0.474. The van der Waals surface area contributed by atoms with Gasteiger partial charge in [-0.05, 0) is 12.5 Å². The molecule has 0 aliphatic rings. The summed E-state index contributed by atoms with van der Waals surface area (Å²) >= 11 is 0. The molecular formula is C12H15NO4. The standard InChI is InChI=1S/C12H15NO4/c1-8(12(16)17-2)13-11(15)10(14)9-6-4-3-5-7-9/h3-8,10,14H,1-2H3,(H,13,15)/t8-,10-/m0/s1. The molecule has 0 saturated carbocycles. The molecule has 2 N–H and O–H groups in total. The zero-order valence-electron chi connectivity index (χ0n) is 9.71. The van der Waals surface area contributed by atoms with Crippen LogP contribution in [0.1, 0.15) is 18.6 Å². The number of ether oxygens (including phenoxy) is 1. The van der Waals surface area contributed by atoms with E-state index in [4.69, 9.17) is 0 Å². The minimum absolute atomic E-state index is 0.474. The van der Waals surface area contributed by atoms with Gasteiger partial charge in [0.25, 0.3) is 5.91 Å². The number of esters is 1. The van der Waals surface area contributed by atoms with Crippen molar-refractivity contribution in [2.75, 3.05) is 7.11 Å². The third-order valence-corrected chi connectivity index (χ3v) is 2.28. The van der Waals surface area contributed by atoms with Crippen molar-refractivity contribution in [3.63, 3.8) is 0 Å². The van der Waals surface area contributed by atoms with Gasteiger partial charge in [0, 0.05) is 0 Å². The monoisotopic (exact) mass is 237 g/mol. The average Bonchev–Trinajstić information content (AvgIpc) is 2.37. The Labute approximate surface area is 99.4 Å². The molecule has 0 bridgehead atoms. The van der Waals surface area contributed by atoms with Crippen LogP contribution < -0.4 is 5.32 Å². The molecule has 0 saturated heterocycles. The first-order chi connectivity index (χ1) is 8.06. The number of amides is 1. The van der Waals surface area contributed by atoms with Gasteiger partial charge in [0.05, 0.1) is 7.11 Å². The Balaban J connectivity index is 2.62. The maximum absolute atomic E-state index is 11.6. The van der Waals surface area contributed by atoms with Crippen molar-refractivity contribution in [1.29, 1.82) is 0 Å². The molecule has 0 aliphatic carbocycles. The van der Waals surface area contributed by atoms with Crippen molar-refractivity contribution in [3.05, 3.63) is 35.9 Å². The molecule has 1 amide bonds. The number of methoxy groups -OCH3 is 1. The molecule has 1 rings (SSSR count). The van der Waals surface area contributed by atoms with Crippen molar-refractivity contribution in [3.8, 4) is 0 Å². The normalized spacial score (nSPS) is 13.6. The maximum atomic E-state index is 11.6. The van der Waals surface area contributed by atoms with Crippen molar-refractivity contribution < 1.29 is 19.4 Å². The zero-order chi connectivity index (χ0) is 12.8. The van der Waals surface area contributed by atoms with E-state index in [1.807, 2.05) is 0 Å². The predicted octanol–water partition coefficient (Wildman–Crippen LogP) is 0.398. The lowest BCUT2D eigenvalue weighted by Gasteiger charge is -2.15. The minimum atomic E-state index is -1.29. The van der Waals surface area contributed by atoms with Gasteiger partial charge < -0.3 is 15.2 Å². The van der Waals surface area contributed by atoms with Gasteiger partial charge >= 0.3 is 5.97 Å². The molecule has 5 heteroatoms. The number of rotatable bonds is 4. The number of hydrogen-bond acceptors (Lipinski definition) is 4. The highest BCUT2D eigenvalue weighted by molar-refractivity contribution is 5.87. The number of nitrogens with one attached hydrogen (secondary N) is 1. The first-order valence-corrected chi connectivity index (χ1v) is 5.17. The molecule has 0 spiro atoms. The van der Waals surface area contributed by atoms with Gasteiger partial charge in [0.1, 0.15) is 6.04 Å². The number of aliphatic hydroxyl groups is 1. The van der Waals surface area contributed by atoms with Crippen LogP contribution in [0.5, 0.6) is 0 Å². The second kappa shape index (κ2) is 6.00. The maximum Gasteiger partial charge on any atom is 0.328 e. The first-order valence-electron chi connectivity index (χ1n) is 5.17. The Bertz CT molecular complexity index is 391. The lowest BCUT2D eigenvalue weighted by molar-refractivity contribution is -0.145. The number of aliphatic hydroxyl groups excluding tert-OH is 1. The number of carbonyl (C=O) groups is 2. The molecule has 17 heavy (non-hydrogen) atoms. The highest BCUT2D eigenvalue weighted by Crippen LogP contribution is 2.12. The van der Waals surface area contributed by atoms with Crippen LogP contribution in [0.15, 0.2) is 30.3 Å². The minimum Gasteiger partial charge on any atom is -0.467 e. The lowest BCUT2D eigenvalue weighted by Crippen LogP contribution is -2.41. The largest absolute Gasteiger partial charge is 0.467 e. The highest BCUT2D eigenvalue weighted by atomic mass is 16.5. The Kier molecular flexibility index (Phi) is 4.66. The lowest BCUT2D eigenvalue weighted by atomic mass is 10.1. The third kappa shape index (κ3) is 3.57. The topological polar surface area (TPSA) is 75.6 Å². The molecule has 1 aromatic rings. The third-order valence-electron chi connectivity index (χ3n) is 2.28. The van der Waals surface area contributed by atoms with Crippen LogP contribution in [0, 0.1) is 0 Å².